The minimum Gasteiger partial charge on any atom is -0.376 e. The van der Waals surface area contributed by atoms with Crippen molar-refractivity contribution >= 4 is 34.5 Å². The van der Waals surface area contributed by atoms with Crippen molar-refractivity contribution in [3.05, 3.63) is 34.1 Å². The van der Waals surface area contributed by atoms with Crippen LogP contribution in [0.2, 0.25) is 0 Å². The number of hydrogen-bond donors (Lipinski definition) is 2. The van der Waals surface area contributed by atoms with Crippen LogP contribution in [0.5, 0.6) is 0 Å². The van der Waals surface area contributed by atoms with Gasteiger partial charge < -0.3 is 20.1 Å². The molecule has 3 aliphatic rings. The molecule has 10 heteroatoms. The van der Waals surface area contributed by atoms with Crippen LogP contribution in [-0.2, 0) is 20.8 Å². The van der Waals surface area contributed by atoms with Crippen molar-refractivity contribution < 1.29 is 19.1 Å². The first-order chi connectivity index (χ1) is 17.6. The van der Waals surface area contributed by atoms with E-state index in [-0.39, 0.29) is 41.4 Å². The van der Waals surface area contributed by atoms with Crippen molar-refractivity contribution in [2.45, 2.75) is 81.3 Å². The standard InChI is InChI=1S/C26H34N4O5S/c31-23(28-18-5-1-2-6-18)16-36-26-29-22-13-17(24(32)27-14-19-7-3-11-34-19)9-10-21(22)25(33)30(26)15-20-8-4-12-35-20/h9-10,13,18-20H,1-8,11-12,14-16H2,(H,27,32)(H,28,31)/t19-,20+/m1/s1. The van der Waals surface area contributed by atoms with Crippen molar-refractivity contribution in [1.82, 2.24) is 20.2 Å². The van der Waals surface area contributed by atoms with Gasteiger partial charge in [-0.15, -0.1) is 0 Å². The monoisotopic (exact) mass is 514 g/mol. The number of hydrogen-bond acceptors (Lipinski definition) is 7. The van der Waals surface area contributed by atoms with Gasteiger partial charge in [-0.3, -0.25) is 19.0 Å². The predicted molar refractivity (Wildman–Crippen MR) is 137 cm³/mol. The molecule has 1 aromatic heterocycles. The van der Waals surface area contributed by atoms with Gasteiger partial charge in [-0.05, 0) is 56.7 Å². The average molecular weight is 515 g/mol. The number of thioether (sulfide) groups is 1. The molecule has 0 unspecified atom stereocenters. The lowest BCUT2D eigenvalue weighted by Crippen LogP contribution is -2.34. The van der Waals surface area contributed by atoms with Gasteiger partial charge in [-0.25, -0.2) is 4.98 Å². The maximum atomic E-state index is 13.5. The molecule has 0 radical (unpaired) electrons. The van der Waals surface area contributed by atoms with Gasteiger partial charge in [0.15, 0.2) is 5.16 Å². The molecule has 2 amide bonds. The summed E-state index contributed by atoms with van der Waals surface area (Å²) in [5.41, 5.74) is 0.715. The topological polar surface area (TPSA) is 112 Å². The van der Waals surface area contributed by atoms with E-state index in [4.69, 9.17) is 14.5 Å². The van der Waals surface area contributed by atoms with Gasteiger partial charge in [0.1, 0.15) is 0 Å². The van der Waals surface area contributed by atoms with Crippen molar-refractivity contribution in [3.8, 4) is 0 Å². The Morgan fingerprint density at radius 1 is 1.03 bits per heavy atom. The number of carbonyl (C=O) groups excluding carboxylic acids is 2. The quantitative estimate of drug-likeness (QED) is 0.391. The Morgan fingerprint density at radius 2 is 1.78 bits per heavy atom. The summed E-state index contributed by atoms with van der Waals surface area (Å²) < 4.78 is 13.0. The van der Waals surface area contributed by atoms with Crippen LogP contribution in [0.25, 0.3) is 10.9 Å². The molecule has 194 valence electrons. The number of amides is 2. The van der Waals surface area contributed by atoms with Gasteiger partial charge >= 0.3 is 0 Å². The Morgan fingerprint density at radius 3 is 2.50 bits per heavy atom. The summed E-state index contributed by atoms with van der Waals surface area (Å²) in [6.07, 6.45) is 8.16. The lowest BCUT2D eigenvalue weighted by atomic mass is 10.1. The Kier molecular flexibility index (Phi) is 8.23. The zero-order chi connectivity index (χ0) is 24.9. The minimum absolute atomic E-state index is 0.0449. The van der Waals surface area contributed by atoms with Crippen molar-refractivity contribution in [3.63, 3.8) is 0 Å². The zero-order valence-corrected chi connectivity index (χ0v) is 21.3. The van der Waals surface area contributed by atoms with E-state index in [2.05, 4.69) is 10.6 Å². The van der Waals surface area contributed by atoms with Gasteiger partial charge in [-0.1, -0.05) is 24.6 Å². The average Bonchev–Trinajstić information content (AvgIpc) is 3.67. The number of carbonyl (C=O) groups is 2. The molecule has 1 aliphatic carbocycles. The van der Waals surface area contributed by atoms with Crippen LogP contribution in [0.3, 0.4) is 0 Å². The number of ether oxygens (including phenoxy) is 2. The molecule has 5 rings (SSSR count). The highest BCUT2D eigenvalue weighted by Gasteiger charge is 2.23. The summed E-state index contributed by atoms with van der Waals surface area (Å²) in [4.78, 5) is 43.5. The molecule has 2 atom stereocenters. The molecule has 0 bridgehead atoms. The Balaban J connectivity index is 1.36. The molecule has 2 N–H and O–H groups in total. The number of nitrogens with zero attached hydrogens (tertiary/aromatic N) is 2. The van der Waals surface area contributed by atoms with E-state index in [9.17, 15) is 14.4 Å². The maximum Gasteiger partial charge on any atom is 0.262 e. The molecule has 2 aromatic rings. The maximum absolute atomic E-state index is 13.5. The lowest BCUT2D eigenvalue weighted by molar-refractivity contribution is -0.119. The first kappa shape index (κ1) is 25.2. The van der Waals surface area contributed by atoms with Gasteiger partial charge in [0, 0.05) is 31.4 Å². The number of aromatic nitrogens is 2. The van der Waals surface area contributed by atoms with Gasteiger partial charge in [0.05, 0.1) is 35.4 Å². The molecule has 2 aliphatic heterocycles. The summed E-state index contributed by atoms with van der Waals surface area (Å²) in [6, 6.07) is 5.22. The molecule has 0 spiro atoms. The highest BCUT2D eigenvalue weighted by atomic mass is 32.2. The molecular formula is C26H34N4O5S. The van der Waals surface area contributed by atoms with Crippen molar-refractivity contribution in [2.24, 2.45) is 0 Å². The fourth-order valence-corrected chi connectivity index (χ4v) is 6.01. The largest absolute Gasteiger partial charge is 0.376 e. The molecule has 2 saturated heterocycles. The highest BCUT2D eigenvalue weighted by Crippen LogP contribution is 2.23. The molecule has 1 aromatic carbocycles. The van der Waals surface area contributed by atoms with E-state index in [1.807, 2.05) is 0 Å². The van der Waals surface area contributed by atoms with E-state index in [1.165, 1.54) is 11.8 Å². The molecular weight excluding hydrogens is 480 g/mol. The van der Waals surface area contributed by atoms with E-state index in [1.54, 1.807) is 22.8 Å². The smallest absolute Gasteiger partial charge is 0.262 e. The highest BCUT2D eigenvalue weighted by molar-refractivity contribution is 7.99. The SMILES string of the molecule is O=C(CSc1nc2cc(C(=O)NC[C@H]3CCCO3)ccc2c(=O)n1C[C@@H]1CCCO1)NC1CCCC1. The molecule has 9 nitrogen and oxygen atoms in total. The minimum atomic E-state index is -0.220. The van der Waals surface area contributed by atoms with Crippen LogP contribution in [0, 0.1) is 0 Å². The number of rotatable bonds is 9. The Labute approximate surface area is 214 Å². The van der Waals surface area contributed by atoms with E-state index < -0.39 is 0 Å². The molecule has 1 saturated carbocycles. The second-order valence-corrected chi connectivity index (χ2v) is 10.8. The van der Waals surface area contributed by atoms with Crippen LogP contribution in [0.15, 0.2) is 28.2 Å². The number of fused-ring (bicyclic) bond motifs is 1. The first-order valence-electron chi connectivity index (χ1n) is 13.0. The summed E-state index contributed by atoms with van der Waals surface area (Å²) in [5, 5.41) is 6.93. The second kappa shape index (κ2) is 11.7. The van der Waals surface area contributed by atoms with Crippen molar-refractivity contribution in [1.29, 1.82) is 0 Å². The van der Waals surface area contributed by atoms with Gasteiger partial charge in [0.25, 0.3) is 11.5 Å². The van der Waals surface area contributed by atoms with Crippen LogP contribution in [0.4, 0.5) is 0 Å². The van der Waals surface area contributed by atoms with E-state index >= 15 is 0 Å². The van der Waals surface area contributed by atoms with Crippen LogP contribution >= 0.6 is 11.8 Å². The lowest BCUT2D eigenvalue weighted by Gasteiger charge is -2.17. The van der Waals surface area contributed by atoms with Crippen molar-refractivity contribution in [2.75, 3.05) is 25.5 Å². The summed E-state index contributed by atoms with van der Waals surface area (Å²) in [7, 11) is 0. The fraction of sp³-hybridized carbons (Fsp3) is 0.615. The second-order valence-electron chi connectivity index (χ2n) is 9.86. The van der Waals surface area contributed by atoms with Crippen LogP contribution < -0.4 is 16.2 Å². The van der Waals surface area contributed by atoms with E-state index in [0.717, 1.165) is 58.0 Å². The first-order valence-corrected chi connectivity index (χ1v) is 14.0. The third-order valence-corrected chi connectivity index (χ3v) is 8.14. The zero-order valence-electron chi connectivity index (χ0n) is 20.5. The van der Waals surface area contributed by atoms with Crippen LogP contribution in [-0.4, -0.2) is 65.1 Å². The Hall–Kier alpha value is -2.43. The van der Waals surface area contributed by atoms with Gasteiger partial charge in [-0.2, -0.15) is 0 Å². The third-order valence-electron chi connectivity index (χ3n) is 7.16. The van der Waals surface area contributed by atoms with Crippen LogP contribution in [0.1, 0.15) is 61.7 Å². The summed E-state index contributed by atoms with van der Waals surface area (Å²) in [5.74, 6) is -0.0864. The van der Waals surface area contributed by atoms with Gasteiger partial charge in [0.2, 0.25) is 5.91 Å². The third kappa shape index (κ3) is 6.10. The summed E-state index contributed by atoms with van der Waals surface area (Å²) in [6.45, 7) is 2.29. The molecule has 3 fully saturated rings. The molecule has 36 heavy (non-hydrogen) atoms. The predicted octanol–water partition coefficient (Wildman–Crippen LogP) is 2.64. The Bertz CT molecular complexity index is 1150. The molecule has 3 heterocycles. The summed E-state index contributed by atoms with van der Waals surface area (Å²) >= 11 is 1.26. The van der Waals surface area contributed by atoms with E-state index in [0.29, 0.717) is 41.3 Å². The number of nitrogens with one attached hydrogen (secondary N) is 2. The normalized spacial score (nSPS) is 22.3. The fourth-order valence-electron chi connectivity index (χ4n) is 5.19. The number of benzene rings is 1.